The highest BCUT2D eigenvalue weighted by molar-refractivity contribution is 6.51. The van der Waals surface area contributed by atoms with Crippen molar-refractivity contribution >= 4 is 23.5 Å². The number of hydrogen-bond acceptors (Lipinski definition) is 6. The molecule has 0 atom stereocenters. The summed E-state index contributed by atoms with van der Waals surface area (Å²) in [6.07, 6.45) is 2.96. The lowest BCUT2D eigenvalue weighted by molar-refractivity contribution is -0.128. The van der Waals surface area contributed by atoms with Gasteiger partial charge in [0.2, 0.25) is 5.78 Å². The van der Waals surface area contributed by atoms with Crippen LogP contribution < -0.4 is 15.3 Å². The zero-order valence-corrected chi connectivity index (χ0v) is 16.3. The predicted molar refractivity (Wildman–Crippen MR) is 116 cm³/mol. The highest BCUT2D eigenvalue weighted by Gasteiger charge is 2.21. The summed E-state index contributed by atoms with van der Waals surface area (Å²) in [7, 11) is 1.54. The van der Waals surface area contributed by atoms with E-state index in [0.717, 1.165) is 5.56 Å². The number of Topliss-reactive ketones (excluding diaryl/α,β-unsaturated/α-hetero) is 1. The Kier molecular flexibility index (Phi) is 6.74. The molecule has 3 aromatic rings. The van der Waals surface area contributed by atoms with Crippen LogP contribution >= 0.6 is 0 Å². The van der Waals surface area contributed by atoms with Crippen molar-refractivity contribution in [3.63, 3.8) is 0 Å². The fourth-order valence-corrected chi connectivity index (χ4v) is 2.75. The summed E-state index contributed by atoms with van der Waals surface area (Å²) in [5.41, 5.74) is 1.55. The molecule has 0 radical (unpaired) electrons. The lowest BCUT2D eigenvalue weighted by Crippen LogP contribution is -2.19. The molecule has 0 saturated heterocycles. The van der Waals surface area contributed by atoms with Gasteiger partial charge in [0.1, 0.15) is 17.2 Å². The molecule has 0 saturated carbocycles. The minimum atomic E-state index is -0.584. The number of esters is 1. The monoisotopic (exact) mass is 400 g/mol. The van der Waals surface area contributed by atoms with Gasteiger partial charge in [0.15, 0.2) is 0 Å². The number of carbonyl (C=O) groups is 2. The standard InChI is InChI=1S/C24H20N2O4/c1-29-19-14-12-18(13-15-19)24(28)23(26-25)20-9-5-6-10-21(20)30-22(27)16-11-17-7-3-2-4-8-17/h2-16H,25H2,1H3/b16-11+,26-23+. The first-order valence-electron chi connectivity index (χ1n) is 9.13. The van der Waals surface area contributed by atoms with Gasteiger partial charge in [-0.25, -0.2) is 4.79 Å². The number of methoxy groups -OCH3 is 1. The molecule has 0 aromatic heterocycles. The summed E-state index contributed by atoms with van der Waals surface area (Å²) in [4.78, 5) is 25.2. The normalized spacial score (nSPS) is 11.3. The maximum atomic E-state index is 12.9. The van der Waals surface area contributed by atoms with E-state index in [-0.39, 0.29) is 11.5 Å². The number of ether oxygens (including phenoxy) is 2. The Hall–Kier alpha value is -4.19. The van der Waals surface area contributed by atoms with Crippen LogP contribution in [-0.4, -0.2) is 24.6 Å². The average Bonchev–Trinajstić information content (AvgIpc) is 2.80. The Morgan fingerprint density at radius 3 is 2.23 bits per heavy atom. The zero-order chi connectivity index (χ0) is 21.3. The lowest BCUT2D eigenvalue weighted by Gasteiger charge is -2.10. The van der Waals surface area contributed by atoms with Crippen LogP contribution in [0.4, 0.5) is 0 Å². The van der Waals surface area contributed by atoms with E-state index < -0.39 is 11.8 Å². The van der Waals surface area contributed by atoms with Crippen LogP contribution in [0.3, 0.4) is 0 Å². The molecule has 2 N–H and O–H groups in total. The van der Waals surface area contributed by atoms with Crippen molar-refractivity contribution in [1.82, 2.24) is 0 Å². The number of ketones is 1. The molecule has 0 fully saturated rings. The Bertz CT molecular complexity index is 1090. The summed E-state index contributed by atoms with van der Waals surface area (Å²) in [6.45, 7) is 0. The Labute approximate surface area is 174 Å². The predicted octanol–water partition coefficient (Wildman–Crippen LogP) is 3.86. The van der Waals surface area contributed by atoms with Gasteiger partial charge in [-0.2, -0.15) is 5.10 Å². The molecular formula is C24H20N2O4. The second-order valence-electron chi connectivity index (χ2n) is 6.20. The topological polar surface area (TPSA) is 91.0 Å². The second kappa shape index (κ2) is 9.84. The SMILES string of the molecule is COc1ccc(C(=O)/C(=N/N)c2ccccc2OC(=O)/C=C/c2ccccc2)cc1. The molecule has 0 amide bonds. The van der Waals surface area contributed by atoms with E-state index in [0.29, 0.717) is 16.9 Å². The highest BCUT2D eigenvalue weighted by Crippen LogP contribution is 2.22. The Morgan fingerprint density at radius 2 is 1.57 bits per heavy atom. The Balaban J connectivity index is 1.82. The number of hydrazone groups is 1. The summed E-state index contributed by atoms with van der Waals surface area (Å²) in [5.74, 6) is 5.35. The fourth-order valence-electron chi connectivity index (χ4n) is 2.75. The van der Waals surface area contributed by atoms with E-state index >= 15 is 0 Å². The molecule has 0 unspecified atom stereocenters. The quantitative estimate of drug-likeness (QED) is 0.124. The summed E-state index contributed by atoms with van der Waals surface area (Å²) >= 11 is 0. The van der Waals surface area contributed by atoms with Crippen molar-refractivity contribution in [2.24, 2.45) is 10.9 Å². The van der Waals surface area contributed by atoms with Crippen LogP contribution in [0.5, 0.6) is 11.5 Å². The van der Waals surface area contributed by atoms with Crippen molar-refractivity contribution in [2.45, 2.75) is 0 Å². The molecule has 3 aromatic carbocycles. The zero-order valence-electron chi connectivity index (χ0n) is 16.3. The third-order valence-electron chi connectivity index (χ3n) is 4.26. The van der Waals surface area contributed by atoms with Crippen molar-refractivity contribution in [1.29, 1.82) is 0 Å². The highest BCUT2D eigenvalue weighted by atomic mass is 16.5. The first kappa shape index (κ1) is 20.5. The average molecular weight is 400 g/mol. The van der Waals surface area contributed by atoms with Crippen molar-refractivity contribution in [3.8, 4) is 11.5 Å². The molecule has 0 aliphatic heterocycles. The van der Waals surface area contributed by atoms with Gasteiger partial charge >= 0.3 is 5.97 Å². The van der Waals surface area contributed by atoms with Crippen LogP contribution in [-0.2, 0) is 4.79 Å². The molecule has 0 spiro atoms. The lowest BCUT2D eigenvalue weighted by atomic mass is 10.00. The molecule has 30 heavy (non-hydrogen) atoms. The third kappa shape index (κ3) is 4.99. The van der Waals surface area contributed by atoms with Crippen molar-refractivity contribution in [2.75, 3.05) is 7.11 Å². The molecule has 0 aliphatic rings. The molecule has 0 bridgehead atoms. The molecular weight excluding hydrogens is 380 g/mol. The van der Waals surface area contributed by atoms with Crippen LogP contribution in [0.1, 0.15) is 21.5 Å². The fraction of sp³-hybridized carbons (Fsp3) is 0.0417. The maximum Gasteiger partial charge on any atom is 0.336 e. The Morgan fingerprint density at radius 1 is 0.900 bits per heavy atom. The van der Waals surface area contributed by atoms with Crippen LogP contribution in [0, 0.1) is 0 Å². The molecule has 6 heteroatoms. The smallest absolute Gasteiger partial charge is 0.336 e. The van der Waals surface area contributed by atoms with E-state index in [9.17, 15) is 9.59 Å². The van der Waals surface area contributed by atoms with Gasteiger partial charge in [-0.1, -0.05) is 42.5 Å². The van der Waals surface area contributed by atoms with Crippen molar-refractivity contribution < 1.29 is 19.1 Å². The van der Waals surface area contributed by atoms with Gasteiger partial charge in [0, 0.05) is 17.2 Å². The minimum Gasteiger partial charge on any atom is -0.497 e. The minimum absolute atomic E-state index is 0.0180. The second-order valence-corrected chi connectivity index (χ2v) is 6.20. The number of para-hydroxylation sites is 1. The maximum absolute atomic E-state index is 12.9. The van der Waals surface area contributed by atoms with E-state index in [1.54, 1.807) is 61.7 Å². The molecule has 0 aliphatic carbocycles. The first-order valence-corrected chi connectivity index (χ1v) is 9.13. The van der Waals surface area contributed by atoms with Crippen LogP contribution in [0.2, 0.25) is 0 Å². The number of carbonyl (C=O) groups excluding carboxylic acids is 2. The van der Waals surface area contributed by atoms with Gasteiger partial charge in [0.05, 0.1) is 7.11 Å². The van der Waals surface area contributed by atoms with Crippen LogP contribution in [0.25, 0.3) is 6.08 Å². The molecule has 3 rings (SSSR count). The number of nitrogens with two attached hydrogens (primary N) is 1. The van der Waals surface area contributed by atoms with Gasteiger partial charge in [-0.3, -0.25) is 4.79 Å². The number of nitrogens with zero attached hydrogens (tertiary/aromatic N) is 1. The summed E-state index contributed by atoms with van der Waals surface area (Å²) in [6, 6.07) is 22.5. The molecule has 6 nitrogen and oxygen atoms in total. The first-order chi connectivity index (χ1) is 14.6. The third-order valence-corrected chi connectivity index (χ3v) is 4.26. The van der Waals surface area contributed by atoms with Gasteiger partial charge in [-0.05, 0) is 48.0 Å². The van der Waals surface area contributed by atoms with E-state index in [1.165, 1.54) is 6.08 Å². The number of hydrogen-bond donors (Lipinski definition) is 1. The molecule has 0 heterocycles. The summed E-state index contributed by atoms with van der Waals surface area (Å²) < 4.78 is 10.5. The van der Waals surface area contributed by atoms with Gasteiger partial charge < -0.3 is 15.3 Å². The largest absolute Gasteiger partial charge is 0.497 e. The van der Waals surface area contributed by atoms with E-state index in [1.807, 2.05) is 30.3 Å². The van der Waals surface area contributed by atoms with Gasteiger partial charge in [0.25, 0.3) is 0 Å². The van der Waals surface area contributed by atoms with E-state index in [2.05, 4.69) is 5.10 Å². The number of benzene rings is 3. The van der Waals surface area contributed by atoms with Crippen molar-refractivity contribution in [3.05, 3.63) is 102 Å². The van der Waals surface area contributed by atoms with E-state index in [4.69, 9.17) is 15.3 Å². The number of rotatable bonds is 7. The van der Waals surface area contributed by atoms with Gasteiger partial charge in [-0.15, -0.1) is 0 Å². The van der Waals surface area contributed by atoms with Crippen LogP contribution in [0.15, 0.2) is 90.0 Å². The summed E-state index contributed by atoms with van der Waals surface area (Å²) in [5, 5.41) is 3.67. The molecule has 150 valence electrons.